The lowest BCUT2D eigenvalue weighted by Gasteiger charge is -2.11. The van der Waals surface area contributed by atoms with Crippen molar-refractivity contribution >= 4 is 55.3 Å². The Hall–Kier alpha value is -2.51. The van der Waals surface area contributed by atoms with Crippen LogP contribution in [0.3, 0.4) is 0 Å². The van der Waals surface area contributed by atoms with Gasteiger partial charge in [-0.05, 0) is 25.1 Å². The molecule has 25 heavy (non-hydrogen) atoms. The summed E-state index contributed by atoms with van der Waals surface area (Å²) < 4.78 is 1.06. The van der Waals surface area contributed by atoms with Crippen LogP contribution in [-0.4, -0.2) is 26.1 Å². The lowest BCUT2D eigenvalue weighted by molar-refractivity contribution is -0.115. The number of thiazole rings is 1. The summed E-state index contributed by atoms with van der Waals surface area (Å²) in [5.41, 5.74) is 1.77. The molecule has 0 saturated heterocycles. The van der Waals surface area contributed by atoms with Crippen LogP contribution in [0, 0.1) is 0 Å². The van der Waals surface area contributed by atoms with Crippen molar-refractivity contribution in [2.75, 3.05) is 5.32 Å². The van der Waals surface area contributed by atoms with Gasteiger partial charge in [0.1, 0.15) is 11.4 Å². The Kier molecular flexibility index (Phi) is 4.33. The average Bonchev–Trinajstić information content (AvgIpc) is 3.04. The van der Waals surface area contributed by atoms with Crippen molar-refractivity contribution in [3.63, 3.8) is 0 Å². The molecule has 1 N–H and O–H groups in total. The van der Waals surface area contributed by atoms with Gasteiger partial charge in [-0.1, -0.05) is 53.4 Å². The van der Waals surface area contributed by atoms with Gasteiger partial charge in [0.15, 0.2) is 5.13 Å². The Morgan fingerprint density at radius 1 is 1.08 bits per heavy atom. The van der Waals surface area contributed by atoms with Gasteiger partial charge in [-0.2, -0.15) is 0 Å². The zero-order chi connectivity index (χ0) is 17.2. The third-order valence-electron chi connectivity index (χ3n) is 3.69. The van der Waals surface area contributed by atoms with E-state index in [4.69, 9.17) is 0 Å². The summed E-state index contributed by atoms with van der Waals surface area (Å²) in [7, 11) is 0. The highest BCUT2D eigenvalue weighted by atomic mass is 32.2. The standard InChI is InChI=1S/C18H14N4OS2/c1-11(24-17-12-6-2-3-7-13(12)19-10-20-17)16(23)22-18-21-14-8-4-5-9-15(14)25-18/h2-11H,1H3,(H,21,22,23). The van der Waals surface area contributed by atoms with Crippen LogP contribution >= 0.6 is 23.1 Å². The number of nitrogens with zero attached hydrogens (tertiary/aromatic N) is 3. The quantitative estimate of drug-likeness (QED) is 0.429. The van der Waals surface area contributed by atoms with Crippen LogP contribution in [0.15, 0.2) is 59.9 Å². The lowest BCUT2D eigenvalue weighted by Crippen LogP contribution is -2.22. The molecule has 1 atom stereocenters. The number of benzene rings is 2. The molecule has 0 spiro atoms. The van der Waals surface area contributed by atoms with E-state index in [0.29, 0.717) is 5.13 Å². The normalized spacial score (nSPS) is 12.4. The molecule has 2 aromatic heterocycles. The predicted octanol–water partition coefficient (Wildman–Crippen LogP) is 4.36. The van der Waals surface area contributed by atoms with E-state index in [2.05, 4.69) is 20.3 Å². The van der Waals surface area contributed by atoms with Gasteiger partial charge in [-0.15, -0.1) is 0 Å². The van der Waals surface area contributed by atoms with E-state index in [1.165, 1.54) is 29.4 Å². The predicted molar refractivity (Wildman–Crippen MR) is 103 cm³/mol. The van der Waals surface area contributed by atoms with Crippen molar-refractivity contribution < 1.29 is 4.79 Å². The number of anilines is 1. The molecule has 0 aliphatic carbocycles. The molecule has 4 rings (SSSR count). The van der Waals surface area contributed by atoms with Gasteiger partial charge in [-0.3, -0.25) is 4.79 Å². The van der Waals surface area contributed by atoms with Gasteiger partial charge in [0, 0.05) is 5.39 Å². The van der Waals surface area contributed by atoms with Crippen LogP contribution in [-0.2, 0) is 4.79 Å². The Balaban J connectivity index is 1.52. The molecule has 0 saturated carbocycles. The van der Waals surface area contributed by atoms with Crippen molar-refractivity contribution in [3.05, 3.63) is 54.9 Å². The molecular weight excluding hydrogens is 352 g/mol. The maximum atomic E-state index is 12.5. The summed E-state index contributed by atoms with van der Waals surface area (Å²) in [6, 6.07) is 15.6. The van der Waals surface area contributed by atoms with Crippen molar-refractivity contribution in [1.29, 1.82) is 0 Å². The van der Waals surface area contributed by atoms with Gasteiger partial charge >= 0.3 is 0 Å². The second kappa shape index (κ2) is 6.78. The number of fused-ring (bicyclic) bond motifs is 2. The van der Waals surface area contributed by atoms with E-state index in [9.17, 15) is 4.79 Å². The molecule has 124 valence electrons. The minimum atomic E-state index is -0.301. The number of hydrogen-bond acceptors (Lipinski definition) is 6. The summed E-state index contributed by atoms with van der Waals surface area (Å²) in [6.45, 7) is 1.87. The number of para-hydroxylation sites is 2. The monoisotopic (exact) mass is 366 g/mol. The fourth-order valence-electron chi connectivity index (χ4n) is 2.43. The third-order valence-corrected chi connectivity index (χ3v) is 5.76. The first-order valence-electron chi connectivity index (χ1n) is 7.73. The Bertz CT molecular complexity index is 1020. The van der Waals surface area contributed by atoms with Crippen molar-refractivity contribution in [2.45, 2.75) is 17.2 Å². The molecular formula is C18H14N4OS2. The fourth-order valence-corrected chi connectivity index (χ4v) is 4.20. The molecule has 7 heteroatoms. The van der Waals surface area contributed by atoms with E-state index >= 15 is 0 Å². The molecule has 0 fully saturated rings. The van der Waals surface area contributed by atoms with Gasteiger partial charge in [-0.25, -0.2) is 15.0 Å². The van der Waals surface area contributed by atoms with Crippen molar-refractivity contribution in [2.24, 2.45) is 0 Å². The second-order valence-electron chi connectivity index (χ2n) is 5.43. The zero-order valence-electron chi connectivity index (χ0n) is 13.3. The Morgan fingerprint density at radius 3 is 2.68 bits per heavy atom. The first-order valence-corrected chi connectivity index (χ1v) is 9.43. The number of thioether (sulfide) groups is 1. The highest BCUT2D eigenvalue weighted by Gasteiger charge is 2.18. The zero-order valence-corrected chi connectivity index (χ0v) is 15.0. The summed E-state index contributed by atoms with van der Waals surface area (Å²) in [4.78, 5) is 25.5. The molecule has 0 bridgehead atoms. The summed E-state index contributed by atoms with van der Waals surface area (Å²) in [5.74, 6) is -0.0910. The molecule has 0 aliphatic heterocycles. The summed E-state index contributed by atoms with van der Waals surface area (Å²) in [5, 5.41) is 4.98. The lowest BCUT2D eigenvalue weighted by atomic mass is 10.2. The molecule has 0 radical (unpaired) electrons. The topological polar surface area (TPSA) is 67.8 Å². The number of carbonyl (C=O) groups is 1. The van der Waals surface area contributed by atoms with Gasteiger partial charge in [0.05, 0.1) is 21.0 Å². The smallest absolute Gasteiger partial charge is 0.239 e. The Morgan fingerprint density at radius 2 is 1.84 bits per heavy atom. The number of nitrogens with one attached hydrogen (secondary N) is 1. The average molecular weight is 366 g/mol. The molecule has 5 nitrogen and oxygen atoms in total. The van der Waals surface area contributed by atoms with Crippen LogP contribution in [0.4, 0.5) is 5.13 Å². The largest absolute Gasteiger partial charge is 0.301 e. The van der Waals surface area contributed by atoms with Gasteiger partial charge in [0.2, 0.25) is 5.91 Å². The van der Waals surface area contributed by atoms with Crippen LogP contribution < -0.4 is 5.32 Å². The highest BCUT2D eigenvalue weighted by Crippen LogP contribution is 2.30. The number of carbonyl (C=O) groups excluding carboxylic acids is 1. The fraction of sp³-hybridized carbons (Fsp3) is 0.111. The first kappa shape index (κ1) is 16.0. The molecule has 0 aliphatic rings. The maximum Gasteiger partial charge on any atom is 0.239 e. The van der Waals surface area contributed by atoms with E-state index in [-0.39, 0.29) is 11.2 Å². The van der Waals surface area contributed by atoms with Crippen LogP contribution in [0.5, 0.6) is 0 Å². The molecule has 1 unspecified atom stereocenters. The van der Waals surface area contributed by atoms with Crippen molar-refractivity contribution in [3.8, 4) is 0 Å². The summed E-state index contributed by atoms with van der Waals surface area (Å²) in [6.07, 6.45) is 1.53. The number of aromatic nitrogens is 3. The van der Waals surface area contributed by atoms with Crippen LogP contribution in [0.2, 0.25) is 0 Å². The molecule has 2 heterocycles. The van der Waals surface area contributed by atoms with Crippen molar-refractivity contribution in [1.82, 2.24) is 15.0 Å². The Labute approximate surface area is 152 Å². The maximum absolute atomic E-state index is 12.5. The molecule has 4 aromatic rings. The van der Waals surface area contributed by atoms with Gasteiger partial charge < -0.3 is 5.32 Å². The first-order chi connectivity index (χ1) is 12.2. The van der Waals surface area contributed by atoms with E-state index in [0.717, 1.165) is 26.1 Å². The van der Waals surface area contributed by atoms with Gasteiger partial charge in [0.25, 0.3) is 0 Å². The summed E-state index contributed by atoms with van der Waals surface area (Å²) >= 11 is 2.89. The minimum Gasteiger partial charge on any atom is -0.301 e. The van der Waals surface area contributed by atoms with E-state index in [1.54, 1.807) is 0 Å². The van der Waals surface area contributed by atoms with E-state index in [1.807, 2.05) is 55.5 Å². The van der Waals surface area contributed by atoms with E-state index < -0.39 is 0 Å². The van der Waals surface area contributed by atoms with Crippen LogP contribution in [0.1, 0.15) is 6.92 Å². The molecule has 2 aromatic carbocycles. The number of rotatable bonds is 4. The van der Waals surface area contributed by atoms with Crippen LogP contribution in [0.25, 0.3) is 21.1 Å². The number of hydrogen-bond donors (Lipinski definition) is 1. The molecule has 1 amide bonds. The second-order valence-corrected chi connectivity index (χ2v) is 7.79. The number of amides is 1. The SMILES string of the molecule is CC(Sc1ncnc2ccccc12)C(=O)Nc1nc2ccccc2s1. The minimum absolute atomic E-state index is 0.0910. The highest BCUT2D eigenvalue weighted by molar-refractivity contribution is 8.00. The third kappa shape index (κ3) is 3.33.